The van der Waals surface area contributed by atoms with E-state index >= 15 is 0 Å². The molecule has 0 atom stereocenters. The van der Waals surface area contributed by atoms with Crippen molar-refractivity contribution >= 4 is 5.69 Å². The fourth-order valence-corrected chi connectivity index (χ4v) is 0.875. The topological polar surface area (TPSA) is 78.4 Å². The number of halogens is 1. The molecule has 13 heavy (non-hydrogen) atoms. The third kappa shape index (κ3) is 2.20. The summed E-state index contributed by atoms with van der Waals surface area (Å²) in [5.74, 6) is 4.15. The maximum Gasteiger partial charge on any atom is 0.269 e. The summed E-state index contributed by atoms with van der Waals surface area (Å²) >= 11 is 0. The maximum atomic E-state index is 12.9. The Hall–Kier alpha value is -1.53. The zero-order valence-corrected chi connectivity index (χ0v) is 6.57. The lowest BCUT2D eigenvalue weighted by atomic mass is 10.2. The maximum absolute atomic E-state index is 12.9. The van der Waals surface area contributed by atoms with Crippen LogP contribution >= 0.6 is 0 Å². The Balaban J connectivity index is 3.03. The van der Waals surface area contributed by atoms with Gasteiger partial charge in [-0.1, -0.05) is 0 Å². The van der Waals surface area contributed by atoms with Gasteiger partial charge in [-0.05, 0) is 6.07 Å². The van der Waals surface area contributed by atoms with Crippen LogP contribution in [0.4, 0.5) is 10.1 Å². The third-order valence-corrected chi connectivity index (χ3v) is 1.48. The van der Waals surface area contributed by atoms with Gasteiger partial charge in [0, 0.05) is 17.7 Å². The van der Waals surface area contributed by atoms with Crippen LogP contribution in [0.25, 0.3) is 0 Å². The molecule has 6 heteroatoms. The molecule has 0 saturated heterocycles. The van der Waals surface area contributed by atoms with E-state index in [4.69, 9.17) is 5.90 Å². The molecule has 0 bridgehead atoms. The Bertz CT molecular complexity index is 330. The molecule has 1 aromatic rings. The Kier molecular flexibility index (Phi) is 2.88. The second kappa shape index (κ2) is 3.92. The summed E-state index contributed by atoms with van der Waals surface area (Å²) in [4.78, 5) is 13.8. The summed E-state index contributed by atoms with van der Waals surface area (Å²) in [6.45, 7) is -0.187. The van der Waals surface area contributed by atoms with E-state index < -0.39 is 10.7 Å². The first-order valence-electron chi connectivity index (χ1n) is 3.39. The molecule has 0 aromatic heterocycles. The van der Waals surface area contributed by atoms with E-state index in [0.29, 0.717) is 0 Å². The summed E-state index contributed by atoms with van der Waals surface area (Å²) in [5.41, 5.74) is -0.120. The quantitative estimate of drug-likeness (QED) is 0.566. The van der Waals surface area contributed by atoms with E-state index in [2.05, 4.69) is 4.84 Å². The fraction of sp³-hybridized carbons (Fsp3) is 0.143. The average molecular weight is 186 g/mol. The Morgan fingerprint density at radius 1 is 1.62 bits per heavy atom. The highest BCUT2D eigenvalue weighted by molar-refractivity contribution is 5.34. The lowest BCUT2D eigenvalue weighted by Crippen LogP contribution is -2.02. The van der Waals surface area contributed by atoms with Crippen molar-refractivity contribution in [2.24, 2.45) is 5.90 Å². The molecule has 0 aliphatic carbocycles. The molecule has 2 N–H and O–H groups in total. The number of hydrogen-bond donors (Lipinski definition) is 1. The summed E-state index contributed by atoms with van der Waals surface area (Å²) in [6.07, 6.45) is 0. The molecule has 70 valence electrons. The predicted octanol–water partition coefficient (Wildman–Crippen LogP) is 1.12. The van der Waals surface area contributed by atoms with Crippen LogP contribution in [-0.2, 0) is 11.4 Å². The summed E-state index contributed by atoms with van der Waals surface area (Å²) < 4.78 is 12.9. The van der Waals surface area contributed by atoms with Gasteiger partial charge in [-0.3, -0.25) is 15.0 Å². The van der Waals surface area contributed by atoms with Crippen molar-refractivity contribution < 1.29 is 14.2 Å². The molecule has 0 radical (unpaired) electrons. The number of hydrogen-bond acceptors (Lipinski definition) is 4. The van der Waals surface area contributed by atoms with Gasteiger partial charge in [-0.25, -0.2) is 10.3 Å². The fourth-order valence-electron chi connectivity index (χ4n) is 0.875. The van der Waals surface area contributed by atoms with E-state index in [9.17, 15) is 14.5 Å². The van der Waals surface area contributed by atoms with Gasteiger partial charge in [-0.2, -0.15) is 0 Å². The monoisotopic (exact) mass is 186 g/mol. The number of non-ortho nitro benzene ring substituents is 1. The van der Waals surface area contributed by atoms with Gasteiger partial charge in [0.15, 0.2) is 0 Å². The predicted molar refractivity (Wildman–Crippen MR) is 42.0 cm³/mol. The second-order valence-corrected chi connectivity index (χ2v) is 2.34. The summed E-state index contributed by atoms with van der Waals surface area (Å²) in [6, 6.07) is 3.17. The summed E-state index contributed by atoms with van der Waals surface area (Å²) in [7, 11) is 0. The number of rotatable bonds is 3. The van der Waals surface area contributed by atoms with E-state index in [0.717, 1.165) is 18.2 Å². The van der Waals surface area contributed by atoms with Gasteiger partial charge in [0.1, 0.15) is 5.82 Å². The van der Waals surface area contributed by atoms with E-state index in [1.54, 1.807) is 0 Å². The van der Waals surface area contributed by atoms with Crippen molar-refractivity contribution in [3.63, 3.8) is 0 Å². The highest BCUT2D eigenvalue weighted by atomic mass is 19.1. The highest BCUT2D eigenvalue weighted by Crippen LogP contribution is 2.16. The van der Waals surface area contributed by atoms with Crippen LogP contribution in [0.2, 0.25) is 0 Å². The molecule has 5 nitrogen and oxygen atoms in total. The highest BCUT2D eigenvalue weighted by Gasteiger charge is 2.10. The first-order chi connectivity index (χ1) is 6.15. The summed E-state index contributed by atoms with van der Waals surface area (Å²) in [5, 5.41) is 10.3. The third-order valence-electron chi connectivity index (χ3n) is 1.48. The zero-order chi connectivity index (χ0) is 9.84. The van der Waals surface area contributed by atoms with Crippen LogP contribution in [0.3, 0.4) is 0 Å². The van der Waals surface area contributed by atoms with Crippen LogP contribution in [0.15, 0.2) is 18.2 Å². The van der Waals surface area contributed by atoms with Gasteiger partial charge < -0.3 is 0 Å². The molecule has 0 spiro atoms. The first-order valence-corrected chi connectivity index (χ1v) is 3.39. The molecule has 1 aromatic carbocycles. The molecular weight excluding hydrogens is 179 g/mol. The first kappa shape index (κ1) is 9.56. The van der Waals surface area contributed by atoms with E-state index in [1.807, 2.05) is 0 Å². The van der Waals surface area contributed by atoms with Crippen LogP contribution in [0.5, 0.6) is 0 Å². The van der Waals surface area contributed by atoms with Crippen LogP contribution in [-0.4, -0.2) is 4.92 Å². The number of benzene rings is 1. The van der Waals surface area contributed by atoms with Crippen LogP contribution in [0, 0.1) is 15.9 Å². The SMILES string of the molecule is NOCc1cc([N+](=O)[O-])ccc1F. The van der Waals surface area contributed by atoms with Gasteiger partial charge >= 0.3 is 0 Å². The molecule has 0 unspecified atom stereocenters. The number of nitrogens with zero attached hydrogens (tertiary/aromatic N) is 1. The molecule has 0 heterocycles. The second-order valence-electron chi connectivity index (χ2n) is 2.34. The van der Waals surface area contributed by atoms with Gasteiger partial charge in [0.25, 0.3) is 5.69 Å². The van der Waals surface area contributed by atoms with Crippen LogP contribution in [0.1, 0.15) is 5.56 Å². The van der Waals surface area contributed by atoms with Crippen molar-refractivity contribution in [3.05, 3.63) is 39.7 Å². The van der Waals surface area contributed by atoms with Gasteiger partial charge in [0.2, 0.25) is 0 Å². The van der Waals surface area contributed by atoms with Gasteiger partial charge in [-0.15, -0.1) is 0 Å². The number of nitro benzene ring substituents is 1. The van der Waals surface area contributed by atoms with Gasteiger partial charge in [0.05, 0.1) is 11.5 Å². The molecule has 0 aliphatic heterocycles. The smallest absolute Gasteiger partial charge is 0.269 e. The minimum Gasteiger partial charge on any atom is -0.300 e. The standard InChI is InChI=1S/C7H7FN2O3/c8-7-2-1-6(10(11)12)3-5(7)4-13-9/h1-3H,4,9H2. The van der Waals surface area contributed by atoms with E-state index in [1.165, 1.54) is 0 Å². The molecular formula is C7H7FN2O3. The average Bonchev–Trinajstić information content (AvgIpc) is 2.08. The zero-order valence-electron chi connectivity index (χ0n) is 6.57. The molecule has 1 rings (SSSR count). The molecule has 0 amide bonds. The lowest BCUT2D eigenvalue weighted by molar-refractivity contribution is -0.385. The lowest BCUT2D eigenvalue weighted by Gasteiger charge is -2.00. The van der Waals surface area contributed by atoms with Crippen LogP contribution < -0.4 is 5.90 Å². The van der Waals surface area contributed by atoms with Crippen molar-refractivity contribution in [2.75, 3.05) is 0 Å². The molecule has 0 saturated carbocycles. The van der Waals surface area contributed by atoms with Crippen molar-refractivity contribution in [1.29, 1.82) is 0 Å². The Labute approximate surface area is 73.0 Å². The number of nitro groups is 1. The van der Waals surface area contributed by atoms with Crippen molar-refractivity contribution in [3.8, 4) is 0 Å². The number of nitrogens with two attached hydrogens (primary N) is 1. The Morgan fingerprint density at radius 2 is 2.31 bits per heavy atom. The largest absolute Gasteiger partial charge is 0.300 e. The minimum atomic E-state index is -0.612. The minimum absolute atomic E-state index is 0.0664. The van der Waals surface area contributed by atoms with Crippen molar-refractivity contribution in [2.45, 2.75) is 6.61 Å². The van der Waals surface area contributed by atoms with Crippen molar-refractivity contribution in [1.82, 2.24) is 0 Å². The normalized spacial score (nSPS) is 10.0. The van der Waals surface area contributed by atoms with E-state index in [-0.39, 0.29) is 17.9 Å². The Morgan fingerprint density at radius 3 is 2.85 bits per heavy atom. The molecule has 0 aliphatic rings. The molecule has 0 fully saturated rings.